The van der Waals surface area contributed by atoms with Crippen LogP contribution < -0.4 is 20.1 Å². The van der Waals surface area contributed by atoms with Crippen molar-refractivity contribution in [2.24, 2.45) is 5.73 Å². The topological polar surface area (TPSA) is 115 Å². The Bertz CT molecular complexity index is 1260. The van der Waals surface area contributed by atoms with Crippen LogP contribution in [0.1, 0.15) is 29.2 Å². The highest BCUT2D eigenvalue weighted by Gasteiger charge is 2.35. The molecule has 1 heterocycles. The SMILES string of the molecule is CC(=O)Oc1c(C(=N)N)cccc1N1CC(COc2ccc(CCc3ccc(C)cc3)cc2)OC1=O. The molecule has 1 amide bonds. The van der Waals surface area contributed by atoms with Gasteiger partial charge in [0.2, 0.25) is 0 Å². The molecule has 1 unspecified atom stereocenters. The van der Waals surface area contributed by atoms with Gasteiger partial charge in [0.05, 0.1) is 17.8 Å². The van der Waals surface area contributed by atoms with Crippen molar-refractivity contribution in [3.05, 3.63) is 89.0 Å². The van der Waals surface area contributed by atoms with Crippen molar-refractivity contribution in [1.82, 2.24) is 0 Å². The van der Waals surface area contributed by atoms with Crippen molar-refractivity contribution in [1.29, 1.82) is 5.41 Å². The third kappa shape index (κ3) is 6.02. The van der Waals surface area contributed by atoms with E-state index in [1.807, 2.05) is 24.3 Å². The summed E-state index contributed by atoms with van der Waals surface area (Å²) < 4.78 is 16.6. The van der Waals surface area contributed by atoms with E-state index in [0.717, 1.165) is 12.8 Å². The molecular formula is C28H29N3O5. The predicted molar refractivity (Wildman–Crippen MR) is 137 cm³/mol. The minimum atomic E-state index is -0.593. The van der Waals surface area contributed by atoms with E-state index in [0.29, 0.717) is 11.4 Å². The number of rotatable bonds is 9. The predicted octanol–water partition coefficient (Wildman–Crippen LogP) is 4.39. The number of nitrogen functional groups attached to an aromatic ring is 1. The summed E-state index contributed by atoms with van der Waals surface area (Å²) in [6.07, 6.45) is 0.783. The highest BCUT2D eigenvalue weighted by molar-refractivity contribution is 6.02. The number of ether oxygens (including phenoxy) is 3. The summed E-state index contributed by atoms with van der Waals surface area (Å²) in [6.45, 7) is 3.69. The van der Waals surface area contributed by atoms with E-state index in [4.69, 9.17) is 25.4 Å². The van der Waals surface area contributed by atoms with Gasteiger partial charge in [-0.3, -0.25) is 15.1 Å². The first-order valence-electron chi connectivity index (χ1n) is 11.7. The average Bonchev–Trinajstić information content (AvgIpc) is 3.23. The van der Waals surface area contributed by atoms with Crippen molar-refractivity contribution in [2.45, 2.75) is 32.8 Å². The summed E-state index contributed by atoms with van der Waals surface area (Å²) in [6, 6.07) is 21.3. The summed E-state index contributed by atoms with van der Waals surface area (Å²) in [5.41, 5.74) is 9.94. The van der Waals surface area contributed by atoms with Gasteiger partial charge in [0.25, 0.3) is 0 Å². The minimum Gasteiger partial charge on any atom is -0.490 e. The molecule has 8 nitrogen and oxygen atoms in total. The molecule has 36 heavy (non-hydrogen) atoms. The first-order valence-corrected chi connectivity index (χ1v) is 11.7. The van der Waals surface area contributed by atoms with Crippen LogP contribution in [0.5, 0.6) is 11.5 Å². The maximum absolute atomic E-state index is 12.6. The van der Waals surface area contributed by atoms with E-state index in [1.165, 1.54) is 28.5 Å². The number of nitrogens with zero attached hydrogens (tertiary/aromatic N) is 1. The zero-order valence-electron chi connectivity index (χ0n) is 20.3. The number of amides is 1. The highest BCUT2D eigenvalue weighted by atomic mass is 16.6. The number of para-hydroxylation sites is 1. The van der Waals surface area contributed by atoms with Crippen molar-refractivity contribution in [3.8, 4) is 11.5 Å². The number of anilines is 1. The van der Waals surface area contributed by atoms with Crippen LogP contribution in [-0.2, 0) is 22.4 Å². The van der Waals surface area contributed by atoms with Gasteiger partial charge in [-0.1, -0.05) is 48.0 Å². The number of aryl methyl sites for hydroxylation is 3. The summed E-state index contributed by atoms with van der Waals surface area (Å²) in [7, 11) is 0. The fraction of sp³-hybridized carbons (Fsp3) is 0.250. The van der Waals surface area contributed by atoms with Crippen molar-refractivity contribution in [2.75, 3.05) is 18.1 Å². The Morgan fingerprint density at radius 2 is 1.69 bits per heavy atom. The Labute approximate surface area is 210 Å². The lowest BCUT2D eigenvalue weighted by molar-refractivity contribution is -0.131. The molecule has 1 aliphatic rings. The van der Waals surface area contributed by atoms with Gasteiger partial charge in [0.15, 0.2) is 11.9 Å². The van der Waals surface area contributed by atoms with Crippen LogP contribution in [-0.4, -0.2) is 37.2 Å². The van der Waals surface area contributed by atoms with Crippen molar-refractivity contribution in [3.63, 3.8) is 0 Å². The smallest absolute Gasteiger partial charge is 0.415 e. The minimum absolute atomic E-state index is 0.0530. The number of benzene rings is 3. The van der Waals surface area contributed by atoms with Crippen LogP contribution in [0.2, 0.25) is 0 Å². The van der Waals surface area contributed by atoms with Gasteiger partial charge in [0.1, 0.15) is 18.2 Å². The summed E-state index contributed by atoms with van der Waals surface area (Å²) in [4.78, 5) is 25.6. The second-order valence-electron chi connectivity index (χ2n) is 8.72. The maximum atomic E-state index is 12.6. The van der Waals surface area contributed by atoms with E-state index in [2.05, 4.69) is 31.2 Å². The van der Waals surface area contributed by atoms with Gasteiger partial charge in [-0.25, -0.2) is 4.79 Å². The number of nitrogens with one attached hydrogen (secondary N) is 1. The third-order valence-electron chi connectivity index (χ3n) is 5.88. The average molecular weight is 488 g/mol. The maximum Gasteiger partial charge on any atom is 0.415 e. The Hall–Kier alpha value is -4.33. The molecule has 1 atom stereocenters. The normalized spacial score (nSPS) is 14.9. The fourth-order valence-electron chi connectivity index (χ4n) is 3.99. The largest absolute Gasteiger partial charge is 0.490 e. The van der Waals surface area contributed by atoms with E-state index in [-0.39, 0.29) is 30.3 Å². The molecule has 1 aliphatic heterocycles. The lowest BCUT2D eigenvalue weighted by atomic mass is 10.0. The quantitative estimate of drug-likeness (QED) is 0.200. The van der Waals surface area contributed by atoms with E-state index in [9.17, 15) is 9.59 Å². The first-order chi connectivity index (χ1) is 17.3. The van der Waals surface area contributed by atoms with Gasteiger partial charge in [0, 0.05) is 6.92 Å². The van der Waals surface area contributed by atoms with E-state index in [1.54, 1.807) is 18.2 Å². The second-order valence-corrected chi connectivity index (χ2v) is 8.72. The van der Waals surface area contributed by atoms with Crippen LogP contribution in [0.4, 0.5) is 10.5 Å². The van der Waals surface area contributed by atoms with Gasteiger partial charge >= 0.3 is 12.1 Å². The second kappa shape index (κ2) is 10.9. The Balaban J connectivity index is 1.35. The van der Waals surface area contributed by atoms with Crippen LogP contribution in [0.25, 0.3) is 0 Å². The first kappa shape index (κ1) is 24.8. The number of carbonyl (C=O) groups is 2. The molecule has 1 saturated heterocycles. The Kier molecular flexibility index (Phi) is 7.53. The highest BCUT2D eigenvalue weighted by Crippen LogP contribution is 2.35. The molecule has 4 rings (SSSR count). The van der Waals surface area contributed by atoms with Crippen molar-refractivity contribution >= 4 is 23.6 Å². The Morgan fingerprint density at radius 3 is 2.31 bits per heavy atom. The van der Waals surface area contributed by atoms with Gasteiger partial charge in [-0.05, 0) is 55.2 Å². The molecule has 3 aromatic carbocycles. The third-order valence-corrected chi connectivity index (χ3v) is 5.88. The van der Waals surface area contributed by atoms with Crippen LogP contribution in [0.15, 0.2) is 66.7 Å². The molecule has 0 aromatic heterocycles. The standard InChI is InChI=1S/C28H29N3O5/c1-18-6-8-20(9-7-18)10-11-21-12-14-22(15-13-21)34-17-23-16-31(28(33)36-23)25-5-3-4-24(27(29)30)26(25)35-19(2)32/h3-9,12-15,23H,10-11,16-17H2,1-2H3,(H3,29,30). The van der Waals surface area contributed by atoms with E-state index < -0.39 is 18.2 Å². The molecule has 0 bridgehead atoms. The van der Waals surface area contributed by atoms with Crippen LogP contribution in [0.3, 0.4) is 0 Å². The lowest BCUT2D eigenvalue weighted by Gasteiger charge is -2.19. The number of nitrogens with two attached hydrogens (primary N) is 1. The zero-order valence-corrected chi connectivity index (χ0v) is 20.3. The molecule has 8 heteroatoms. The van der Waals surface area contributed by atoms with Gasteiger partial charge in [-0.15, -0.1) is 0 Å². The summed E-state index contributed by atoms with van der Waals surface area (Å²) >= 11 is 0. The monoisotopic (exact) mass is 487 g/mol. The van der Waals surface area contributed by atoms with Crippen LogP contribution >= 0.6 is 0 Å². The molecule has 0 aliphatic carbocycles. The number of hydrogen-bond acceptors (Lipinski definition) is 6. The number of hydrogen-bond donors (Lipinski definition) is 2. The molecule has 186 valence electrons. The number of amidine groups is 1. The molecule has 0 spiro atoms. The molecular weight excluding hydrogens is 458 g/mol. The summed E-state index contributed by atoms with van der Waals surface area (Å²) in [5.74, 6) is -0.123. The van der Waals surface area contributed by atoms with E-state index >= 15 is 0 Å². The molecule has 0 radical (unpaired) electrons. The van der Waals surface area contributed by atoms with Crippen molar-refractivity contribution < 1.29 is 23.8 Å². The van der Waals surface area contributed by atoms with Crippen LogP contribution in [0, 0.1) is 12.3 Å². The number of cyclic esters (lactones) is 1. The zero-order chi connectivity index (χ0) is 25.7. The number of carbonyl (C=O) groups excluding carboxylic acids is 2. The molecule has 3 N–H and O–H groups in total. The Morgan fingerprint density at radius 1 is 1.06 bits per heavy atom. The molecule has 1 fully saturated rings. The molecule has 3 aromatic rings. The van der Waals surface area contributed by atoms with Gasteiger partial charge in [-0.2, -0.15) is 0 Å². The number of esters is 1. The van der Waals surface area contributed by atoms with Gasteiger partial charge < -0.3 is 19.9 Å². The summed E-state index contributed by atoms with van der Waals surface area (Å²) in [5, 5.41) is 7.76. The molecule has 0 saturated carbocycles. The lowest BCUT2D eigenvalue weighted by Crippen LogP contribution is -2.28. The fourth-order valence-corrected chi connectivity index (χ4v) is 3.99.